The fraction of sp³-hybridized carbons (Fsp3) is 0.467. The van der Waals surface area contributed by atoms with Crippen molar-refractivity contribution in [2.24, 2.45) is 0 Å². The first-order valence-corrected chi connectivity index (χ1v) is 7.07. The fourth-order valence-electron chi connectivity index (χ4n) is 3.31. The van der Waals surface area contributed by atoms with E-state index in [0.29, 0.717) is 13.0 Å². The summed E-state index contributed by atoms with van der Waals surface area (Å²) in [5, 5.41) is 10.7. The average molecular weight is 273 g/mol. The smallest absolute Gasteiger partial charge is 0.324 e. The molecule has 106 valence electrons. The fourth-order valence-corrected chi connectivity index (χ4v) is 3.31. The van der Waals surface area contributed by atoms with Gasteiger partial charge >= 0.3 is 5.97 Å². The molecule has 1 aliphatic heterocycles. The molecule has 5 heteroatoms. The van der Waals surface area contributed by atoms with Crippen molar-refractivity contribution < 1.29 is 9.90 Å². The molecule has 0 radical (unpaired) electrons. The van der Waals surface area contributed by atoms with E-state index in [0.717, 1.165) is 36.0 Å². The summed E-state index contributed by atoms with van der Waals surface area (Å²) in [7, 11) is 0. The van der Waals surface area contributed by atoms with Crippen LogP contribution in [0.4, 0.5) is 0 Å². The normalized spacial score (nSPS) is 23.4. The van der Waals surface area contributed by atoms with Gasteiger partial charge in [0.25, 0.3) is 0 Å². The number of carboxylic acid groups (broad SMARTS) is 1. The zero-order valence-corrected chi connectivity index (χ0v) is 11.6. The van der Waals surface area contributed by atoms with Gasteiger partial charge in [-0.25, -0.2) is 4.98 Å². The monoisotopic (exact) mass is 273 g/mol. The van der Waals surface area contributed by atoms with Gasteiger partial charge < -0.3 is 10.1 Å². The highest BCUT2D eigenvalue weighted by Crippen LogP contribution is 2.34. The third kappa shape index (κ3) is 1.89. The number of likely N-dealkylation sites (tertiary alicyclic amines) is 1. The Morgan fingerprint density at radius 2 is 2.45 bits per heavy atom. The lowest BCUT2D eigenvalue weighted by Crippen LogP contribution is -2.49. The van der Waals surface area contributed by atoms with Crippen molar-refractivity contribution in [3.8, 4) is 0 Å². The van der Waals surface area contributed by atoms with E-state index >= 15 is 0 Å². The molecule has 3 rings (SSSR count). The number of aromatic amines is 1. The number of pyridine rings is 1. The topological polar surface area (TPSA) is 69.2 Å². The molecule has 2 aromatic heterocycles. The van der Waals surface area contributed by atoms with E-state index < -0.39 is 11.5 Å². The van der Waals surface area contributed by atoms with Crippen LogP contribution in [-0.4, -0.2) is 38.0 Å². The van der Waals surface area contributed by atoms with Crippen LogP contribution in [0.3, 0.4) is 0 Å². The van der Waals surface area contributed by atoms with Crippen LogP contribution in [0.2, 0.25) is 0 Å². The predicted octanol–water partition coefficient (Wildman–Crippen LogP) is 2.39. The van der Waals surface area contributed by atoms with Gasteiger partial charge in [-0.2, -0.15) is 0 Å². The van der Waals surface area contributed by atoms with Crippen LogP contribution in [-0.2, 0) is 11.3 Å². The second-order valence-corrected chi connectivity index (χ2v) is 5.43. The van der Waals surface area contributed by atoms with Gasteiger partial charge in [-0.15, -0.1) is 0 Å². The van der Waals surface area contributed by atoms with Crippen molar-refractivity contribution >= 4 is 17.0 Å². The molecule has 5 nitrogen and oxygen atoms in total. The summed E-state index contributed by atoms with van der Waals surface area (Å²) < 4.78 is 0. The van der Waals surface area contributed by atoms with Crippen LogP contribution in [0.5, 0.6) is 0 Å². The highest BCUT2D eigenvalue weighted by Gasteiger charge is 2.46. The van der Waals surface area contributed by atoms with Gasteiger partial charge in [-0.3, -0.25) is 9.69 Å². The summed E-state index contributed by atoms with van der Waals surface area (Å²) >= 11 is 0. The largest absolute Gasteiger partial charge is 0.480 e. The summed E-state index contributed by atoms with van der Waals surface area (Å²) in [6.07, 6.45) is 6.02. The van der Waals surface area contributed by atoms with E-state index in [2.05, 4.69) is 14.9 Å². The van der Waals surface area contributed by atoms with Gasteiger partial charge in [-0.05, 0) is 43.5 Å². The highest BCUT2D eigenvalue weighted by atomic mass is 16.4. The Hall–Kier alpha value is -1.88. The van der Waals surface area contributed by atoms with Crippen molar-refractivity contribution in [2.75, 3.05) is 6.54 Å². The summed E-state index contributed by atoms with van der Waals surface area (Å²) in [5.74, 6) is -0.699. The van der Waals surface area contributed by atoms with Crippen molar-refractivity contribution in [3.63, 3.8) is 0 Å². The minimum Gasteiger partial charge on any atom is -0.480 e. The Morgan fingerprint density at radius 1 is 1.60 bits per heavy atom. The molecule has 0 spiro atoms. The standard InChI is InChI=1S/C15H19N3O2/c1-2-15(14(19)20)6-4-8-18(15)10-11-9-17-13-12(11)5-3-7-16-13/h3,5,7,9H,2,4,6,8,10H2,1H3,(H,16,17)(H,19,20). The number of H-pyrrole nitrogens is 1. The van der Waals surface area contributed by atoms with E-state index in [1.54, 1.807) is 6.20 Å². The molecule has 0 aromatic carbocycles. The highest BCUT2D eigenvalue weighted by molar-refractivity contribution is 5.81. The summed E-state index contributed by atoms with van der Waals surface area (Å²) in [6.45, 7) is 3.46. The maximum absolute atomic E-state index is 11.7. The quantitative estimate of drug-likeness (QED) is 0.897. The number of hydrogen-bond donors (Lipinski definition) is 2. The van der Waals surface area contributed by atoms with Crippen LogP contribution in [0.1, 0.15) is 31.7 Å². The first-order valence-electron chi connectivity index (χ1n) is 7.07. The Balaban J connectivity index is 1.92. The average Bonchev–Trinajstić information content (AvgIpc) is 3.05. The third-order valence-electron chi connectivity index (χ3n) is 4.50. The minimum absolute atomic E-state index is 0.642. The van der Waals surface area contributed by atoms with E-state index in [4.69, 9.17) is 0 Å². The Labute approximate surface area is 117 Å². The number of fused-ring (bicyclic) bond motifs is 1. The van der Waals surface area contributed by atoms with Gasteiger partial charge in [0.15, 0.2) is 0 Å². The lowest BCUT2D eigenvalue weighted by Gasteiger charge is -2.33. The zero-order valence-electron chi connectivity index (χ0n) is 11.6. The van der Waals surface area contributed by atoms with Gasteiger partial charge in [0.2, 0.25) is 0 Å². The number of aliphatic carboxylic acids is 1. The molecule has 2 aromatic rings. The van der Waals surface area contributed by atoms with Crippen molar-refractivity contribution in [1.29, 1.82) is 0 Å². The molecule has 1 atom stereocenters. The molecule has 2 N–H and O–H groups in total. The predicted molar refractivity (Wildman–Crippen MR) is 76.4 cm³/mol. The minimum atomic E-state index is -0.703. The second-order valence-electron chi connectivity index (χ2n) is 5.43. The van der Waals surface area contributed by atoms with Crippen molar-refractivity contribution in [2.45, 2.75) is 38.3 Å². The number of rotatable bonds is 4. The number of carbonyl (C=O) groups is 1. The second kappa shape index (κ2) is 4.90. The number of carboxylic acids is 1. The molecule has 0 amide bonds. The maximum atomic E-state index is 11.7. The Kier molecular flexibility index (Phi) is 3.22. The van der Waals surface area contributed by atoms with Crippen LogP contribution in [0, 0.1) is 0 Å². The van der Waals surface area contributed by atoms with Crippen LogP contribution in [0.25, 0.3) is 11.0 Å². The molecular weight excluding hydrogens is 254 g/mol. The van der Waals surface area contributed by atoms with Crippen molar-refractivity contribution in [1.82, 2.24) is 14.9 Å². The first-order chi connectivity index (χ1) is 9.67. The van der Waals surface area contributed by atoms with Crippen molar-refractivity contribution in [3.05, 3.63) is 30.1 Å². The lowest BCUT2D eigenvalue weighted by molar-refractivity contribution is -0.150. The van der Waals surface area contributed by atoms with Gasteiger partial charge in [-0.1, -0.05) is 6.92 Å². The van der Waals surface area contributed by atoms with E-state index in [-0.39, 0.29) is 0 Å². The summed E-state index contributed by atoms with van der Waals surface area (Å²) in [5.41, 5.74) is 1.28. The molecule has 20 heavy (non-hydrogen) atoms. The molecule has 1 aliphatic rings. The van der Waals surface area contributed by atoms with E-state index in [9.17, 15) is 9.90 Å². The number of nitrogens with zero attached hydrogens (tertiary/aromatic N) is 2. The number of hydrogen-bond acceptors (Lipinski definition) is 3. The number of aromatic nitrogens is 2. The Bertz CT molecular complexity index is 637. The molecule has 1 unspecified atom stereocenters. The van der Waals surface area contributed by atoms with E-state index in [1.165, 1.54) is 0 Å². The van der Waals surface area contributed by atoms with Crippen LogP contribution >= 0.6 is 0 Å². The molecule has 0 bridgehead atoms. The van der Waals surface area contributed by atoms with Gasteiger partial charge in [0, 0.05) is 24.3 Å². The molecule has 0 aliphatic carbocycles. The molecule has 1 saturated heterocycles. The maximum Gasteiger partial charge on any atom is 0.324 e. The molecular formula is C15H19N3O2. The Morgan fingerprint density at radius 3 is 3.20 bits per heavy atom. The van der Waals surface area contributed by atoms with Crippen LogP contribution in [0.15, 0.2) is 24.5 Å². The molecule has 0 saturated carbocycles. The summed E-state index contributed by atoms with van der Waals surface area (Å²) in [6, 6.07) is 3.94. The molecule has 1 fully saturated rings. The first kappa shape index (κ1) is 13.1. The SMILES string of the molecule is CCC1(C(=O)O)CCCN1Cc1c[nH]c2ncccc12. The molecule has 3 heterocycles. The number of nitrogens with one attached hydrogen (secondary N) is 1. The lowest BCUT2D eigenvalue weighted by atomic mass is 9.92. The zero-order chi connectivity index (χ0) is 14.2. The summed E-state index contributed by atoms with van der Waals surface area (Å²) in [4.78, 5) is 21.2. The van der Waals surface area contributed by atoms with Crippen LogP contribution < -0.4 is 0 Å². The van der Waals surface area contributed by atoms with Gasteiger partial charge in [0.05, 0.1) is 0 Å². The van der Waals surface area contributed by atoms with Gasteiger partial charge in [0.1, 0.15) is 11.2 Å². The third-order valence-corrected chi connectivity index (χ3v) is 4.50. The van der Waals surface area contributed by atoms with E-state index in [1.807, 2.05) is 25.3 Å².